The number of benzene rings is 1. The Morgan fingerprint density at radius 3 is 2.59 bits per heavy atom. The Morgan fingerprint density at radius 1 is 1.29 bits per heavy atom. The van der Waals surface area contributed by atoms with E-state index in [1.54, 1.807) is 11.3 Å². The van der Waals surface area contributed by atoms with Crippen LogP contribution < -0.4 is 0 Å². The molecule has 0 amide bonds. The van der Waals surface area contributed by atoms with Crippen LogP contribution in [0.1, 0.15) is 27.7 Å². The van der Waals surface area contributed by atoms with Crippen LogP contribution in [0.15, 0.2) is 28.1 Å². The highest BCUT2D eigenvalue weighted by Crippen LogP contribution is 2.35. The second-order valence-electron chi connectivity index (χ2n) is 3.92. The number of aliphatic hydroxyl groups excluding tert-OH is 1. The Morgan fingerprint density at radius 2 is 2.00 bits per heavy atom. The predicted molar refractivity (Wildman–Crippen MR) is 77.0 cm³/mol. The molecule has 17 heavy (non-hydrogen) atoms. The standard InChI is InChI=1S/C13H12BrClOS/c1-7-9(4-3-5-11(7)15)13(16)10-6-12(14)17-8(10)2/h3-6,13,16H,1-2H3. The van der Waals surface area contributed by atoms with Gasteiger partial charge in [0.2, 0.25) is 0 Å². The molecule has 90 valence electrons. The molecule has 1 nitrogen and oxygen atoms in total. The van der Waals surface area contributed by atoms with E-state index in [0.29, 0.717) is 5.02 Å². The van der Waals surface area contributed by atoms with E-state index < -0.39 is 6.10 Å². The van der Waals surface area contributed by atoms with E-state index in [1.807, 2.05) is 38.1 Å². The molecule has 0 aliphatic rings. The molecule has 2 rings (SSSR count). The highest BCUT2D eigenvalue weighted by Gasteiger charge is 2.18. The zero-order chi connectivity index (χ0) is 12.6. The van der Waals surface area contributed by atoms with Crippen molar-refractivity contribution >= 4 is 38.9 Å². The third-order valence-corrected chi connectivity index (χ3v) is 4.80. The summed E-state index contributed by atoms with van der Waals surface area (Å²) in [6, 6.07) is 7.58. The summed E-state index contributed by atoms with van der Waals surface area (Å²) in [7, 11) is 0. The van der Waals surface area contributed by atoms with Gasteiger partial charge in [0.25, 0.3) is 0 Å². The van der Waals surface area contributed by atoms with Crippen molar-refractivity contribution in [3.05, 3.63) is 54.6 Å². The van der Waals surface area contributed by atoms with Gasteiger partial charge in [-0.05, 0) is 58.6 Å². The zero-order valence-corrected chi connectivity index (χ0v) is 12.7. The van der Waals surface area contributed by atoms with Crippen LogP contribution in [0.25, 0.3) is 0 Å². The molecule has 0 aliphatic heterocycles. The summed E-state index contributed by atoms with van der Waals surface area (Å²) in [5.74, 6) is 0. The van der Waals surface area contributed by atoms with Crippen LogP contribution in [0.2, 0.25) is 5.02 Å². The van der Waals surface area contributed by atoms with Gasteiger partial charge in [0.15, 0.2) is 0 Å². The summed E-state index contributed by atoms with van der Waals surface area (Å²) in [6.07, 6.45) is -0.615. The summed E-state index contributed by atoms with van der Waals surface area (Å²) in [4.78, 5) is 1.11. The smallest absolute Gasteiger partial charge is 0.105 e. The molecule has 1 unspecified atom stereocenters. The first kappa shape index (κ1) is 13.1. The summed E-state index contributed by atoms with van der Waals surface area (Å²) >= 11 is 11.1. The van der Waals surface area contributed by atoms with Crippen LogP contribution >= 0.6 is 38.9 Å². The topological polar surface area (TPSA) is 20.2 Å². The van der Waals surface area contributed by atoms with Gasteiger partial charge in [0.05, 0.1) is 3.79 Å². The van der Waals surface area contributed by atoms with Gasteiger partial charge in [-0.25, -0.2) is 0 Å². The van der Waals surface area contributed by atoms with Gasteiger partial charge in [0.1, 0.15) is 6.10 Å². The lowest BCUT2D eigenvalue weighted by Crippen LogP contribution is -2.02. The molecular weight excluding hydrogens is 320 g/mol. The average Bonchev–Trinajstić information content (AvgIpc) is 2.61. The maximum atomic E-state index is 10.4. The summed E-state index contributed by atoms with van der Waals surface area (Å²) in [5.41, 5.74) is 2.74. The van der Waals surface area contributed by atoms with Crippen molar-refractivity contribution in [1.82, 2.24) is 0 Å². The van der Waals surface area contributed by atoms with Crippen molar-refractivity contribution in [1.29, 1.82) is 0 Å². The first-order chi connectivity index (χ1) is 8.00. The molecule has 1 atom stereocenters. The quantitative estimate of drug-likeness (QED) is 0.833. The van der Waals surface area contributed by atoms with Crippen LogP contribution in [0.5, 0.6) is 0 Å². The molecule has 4 heteroatoms. The number of hydrogen-bond acceptors (Lipinski definition) is 2. The van der Waals surface area contributed by atoms with Crippen molar-refractivity contribution < 1.29 is 5.11 Å². The highest BCUT2D eigenvalue weighted by molar-refractivity contribution is 9.11. The largest absolute Gasteiger partial charge is 0.384 e. The SMILES string of the molecule is Cc1sc(Br)cc1C(O)c1cccc(Cl)c1C. The lowest BCUT2D eigenvalue weighted by molar-refractivity contribution is 0.219. The first-order valence-corrected chi connectivity index (χ1v) is 7.18. The van der Waals surface area contributed by atoms with E-state index >= 15 is 0 Å². The van der Waals surface area contributed by atoms with Gasteiger partial charge in [-0.1, -0.05) is 23.7 Å². The van der Waals surface area contributed by atoms with Gasteiger partial charge in [-0.15, -0.1) is 11.3 Å². The van der Waals surface area contributed by atoms with Gasteiger partial charge >= 0.3 is 0 Å². The molecule has 2 aromatic rings. The number of aryl methyl sites for hydroxylation is 1. The second-order valence-corrected chi connectivity index (χ2v) is 6.96. The summed E-state index contributed by atoms with van der Waals surface area (Å²) in [6.45, 7) is 3.94. The molecule has 1 aromatic carbocycles. The monoisotopic (exact) mass is 330 g/mol. The number of aliphatic hydroxyl groups is 1. The maximum Gasteiger partial charge on any atom is 0.105 e. The van der Waals surface area contributed by atoms with Gasteiger partial charge in [0, 0.05) is 9.90 Å². The Balaban J connectivity index is 2.47. The fourth-order valence-corrected chi connectivity index (χ4v) is 3.74. The van der Waals surface area contributed by atoms with Crippen LogP contribution in [0, 0.1) is 13.8 Å². The molecule has 1 aromatic heterocycles. The van der Waals surface area contributed by atoms with Gasteiger partial charge in [-0.2, -0.15) is 0 Å². The maximum absolute atomic E-state index is 10.4. The first-order valence-electron chi connectivity index (χ1n) is 5.19. The predicted octanol–water partition coefficient (Wildman–Crippen LogP) is 4.86. The van der Waals surface area contributed by atoms with Crippen LogP contribution in [-0.2, 0) is 0 Å². The van der Waals surface area contributed by atoms with Crippen LogP contribution in [0.4, 0.5) is 0 Å². The fourth-order valence-electron chi connectivity index (χ4n) is 1.82. The van der Waals surface area contributed by atoms with Crippen molar-refractivity contribution in [3.8, 4) is 0 Å². The van der Waals surface area contributed by atoms with E-state index in [1.165, 1.54) is 0 Å². The number of hydrogen-bond donors (Lipinski definition) is 1. The molecule has 0 fully saturated rings. The minimum Gasteiger partial charge on any atom is -0.384 e. The third kappa shape index (κ3) is 2.58. The minimum atomic E-state index is -0.615. The summed E-state index contributed by atoms with van der Waals surface area (Å²) in [5, 5.41) is 11.1. The van der Waals surface area contributed by atoms with E-state index in [4.69, 9.17) is 11.6 Å². The van der Waals surface area contributed by atoms with E-state index in [2.05, 4.69) is 15.9 Å². The molecule has 0 spiro atoms. The zero-order valence-electron chi connectivity index (χ0n) is 9.50. The molecule has 1 N–H and O–H groups in total. The molecule has 0 aliphatic carbocycles. The molecule has 0 radical (unpaired) electrons. The highest BCUT2D eigenvalue weighted by atomic mass is 79.9. The van der Waals surface area contributed by atoms with Gasteiger partial charge in [-0.3, -0.25) is 0 Å². The third-order valence-electron chi connectivity index (χ3n) is 2.82. The Hall–Kier alpha value is -0.350. The number of rotatable bonds is 2. The average molecular weight is 332 g/mol. The van der Waals surface area contributed by atoms with Crippen molar-refractivity contribution in [2.45, 2.75) is 20.0 Å². The molecule has 0 saturated heterocycles. The Bertz CT molecular complexity index is 550. The second kappa shape index (κ2) is 5.11. The van der Waals surface area contributed by atoms with Crippen molar-refractivity contribution in [3.63, 3.8) is 0 Å². The van der Waals surface area contributed by atoms with E-state index in [-0.39, 0.29) is 0 Å². The Labute approximate surface area is 118 Å². The minimum absolute atomic E-state index is 0.615. The van der Waals surface area contributed by atoms with Crippen molar-refractivity contribution in [2.75, 3.05) is 0 Å². The van der Waals surface area contributed by atoms with Crippen LogP contribution in [-0.4, -0.2) is 5.11 Å². The number of thiophene rings is 1. The fraction of sp³-hybridized carbons (Fsp3) is 0.231. The Kier molecular flexibility index (Phi) is 3.93. The number of halogens is 2. The normalized spacial score (nSPS) is 12.8. The molecule has 1 heterocycles. The molecule has 0 bridgehead atoms. The van der Waals surface area contributed by atoms with Crippen LogP contribution in [0.3, 0.4) is 0 Å². The molecule has 0 saturated carbocycles. The lowest BCUT2D eigenvalue weighted by atomic mass is 9.98. The van der Waals surface area contributed by atoms with E-state index in [0.717, 1.165) is 25.4 Å². The van der Waals surface area contributed by atoms with Gasteiger partial charge < -0.3 is 5.11 Å². The van der Waals surface area contributed by atoms with E-state index in [9.17, 15) is 5.11 Å². The lowest BCUT2D eigenvalue weighted by Gasteiger charge is -2.14. The summed E-state index contributed by atoms with van der Waals surface area (Å²) < 4.78 is 1.03. The van der Waals surface area contributed by atoms with Crippen molar-refractivity contribution in [2.24, 2.45) is 0 Å². The molecular formula is C13H12BrClOS.